The molecule has 0 aliphatic heterocycles. The van der Waals surface area contributed by atoms with Gasteiger partial charge in [0.2, 0.25) is 5.91 Å². The van der Waals surface area contributed by atoms with E-state index in [4.69, 9.17) is 0 Å². The molecule has 0 heterocycles. The molecule has 2 aromatic carbocycles. The van der Waals surface area contributed by atoms with Gasteiger partial charge in [-0.2, -0.15) is 0 Å². The summed E-state index contributed by atoms with van der Waals surface area (Å²) in [6.07, 6.45) is 2.45. The van der Waals surface area contributed by atoms with Gasteiger partial charge in [-0.05, 0) is 59.6 Å². The van der Waals surface area contributed by atoms with E-state index in [-0.39, 0.29) is 22.0 Å². The van der Waals surface area contributed by atoms with E-state index >= 15 is 0 Å². The van der Waals surface area contributed by atoms with E-state index in [2.05, 4.69) is 5.32 Å². The van der Waals surface area contributed by atoms with Crippen LogP contribution in [-0.4, -0.2) is 25.2 Å². The Morgan fingerprint density at radius 2 is 1.87 bits per heavy atom. The second-order valence-corrected chi connectivity index (χ2v) is 11.4. The summed E-state index contributed by atoms with van der Waals surface area (Å²) < 4.78 is 24.9. The number of hydrogen-bond donors (Lipinski definition) is 2. The summed E-state index contributed by atoms with van der Waals surface area (Å²) in [7, 11) is -3.38. The third-order valence-electron chi connectivity index (χ3n) is 6.13. The first-order chi connectivity index (χ1) is 13.9. The highest BCUT2D eigenvalue weighted by atomic mass is 32.2. The van der Waals surface area contributed by atoms with Gasteiger partial charge in [0, 0.05) is 18.2 Å². The number of benzene rings is 2. The number of sulfone groups is 1. The number of aliphatic hydroxyl groups is 1. The number of amides is 1. The van der Waals surface area contributed by atoms with Crippen LogP contribution in [0.4, 0.5) is 5.69 Å². The summed E-state index contributed by atoms with van der Waals surface area (Å²) in [6, 6.07) is 10.7. The predicted octanol–water partition coefficient (Wildman–Crippen LogP) is 4.68. The molecule has 3 rings (SSSR count). The Hall–Kier alpha value is -2.18. The Balaban J connectivity index is 2.18. The predicted molar refractivity (Wildman–Crippen MR) is 120 cm³/mol. The minimum absolute atomic E-state index is 0.00866. The molecule has 0 aromatic heterocycles. The molecular formula is C24H31NO4S. The van der Waals surface area contributed by atoms with Crippen LogP contribution in [0.5, 0.6) is 0 Å². The molecule has 162 valence electrons. The van der Waals surface area contributed by atoms with Crippen molar-refractivity contribution in [2.45, 2.75) is 64.4 Å². The topological polar surface area (TPSA) is 83.5 Å². The first kappa shape index (κ1) is 22.5. The molecule has 6 heteroatoms. The highest BCUT2D eigenvalue weighted by Gasteiger charge is 2.44. The third-order valence-corrected chi connectivity index (χ3v) is 7.86. The van der Waals surface area contributed by atoms with Crippen LogP contribution in [0.3, 0.4) is 0 Å². The van der Waals surface area contributed by atoms with E-state index in [1.807, 2.05) is 39.0 Å². The molecule has 0 radical (unpaired) electrons. The molecule has 5 nitrogen and oxygen atoms in total. The lowest BCUT2D eigenvalue weighted by Crippen LogP contribution is -2.42. The van der Waals surface area contributed by atoms with Crippen molar-refractivity contribution in [2.75, 3.05) is 11.1 Å². The van der Waals surface area contributed by atoms with E-state index in [0.717, 1.165) is 29.5 Å². The number of anilines is 1. The van der Waals surface area contributed by atoms with Crippen LogP contribution in [0.1, 0.15) is 58.6 Å². The van der Waals surface area contributed by atoms with Crippen molar-refractivity contribution >= 4 is 21.4 Å². The normalized spacial score (nSPS) is 19.3. The number of carbonyl (C=O) groups excluding carboxylic acids is 1. The van der Waals surface area contributed by atoms with Gasteiger partial charge in [0.05, 0.1) is 16.2 Å². The van der Waals surface area contributed by atoms with Gasteiger partial charge in [-0.3, -0.25) is 4.79 Å². The fraction of sp³-hybridized carbons (Fsp3) is 0.458. The van der Waals surface area contributed by atoms with Gasteiger partial charge in [0.25, 0.3) is 0 Å². The van der Waals surface area contributed by atoms with E-state index in [0.29, 0.717) is 17.7 Å². The van der Waals surface area contributed by atoms with Crippen LogP contribution in [-0.2, 0) is 26.7 Å². The van der Waals surface area contributed by atoms with Crippen molar-refractivity contribution in [3.8, 4) is 11.1 Å². The Morgan fingerprint density at radius 1 is 1.17 bits per heavy atom. The average Bonchev–Trinajstić information content (AvgIpc) is 2.66. The summed E-state index contributed by atoms with van der Waals surface area (Å²) >= 11 is 0. The van der Waals surface area contributed by atoms with Gasteiger partial charge >= 0.3 is 0 Å². The molecular weight excluding hydrogens is 398 g/mol. The van der Waals surface area contributed by atoms with E-state index in [9.17, 15) is 18.3 Å². The minimum Gasteiger partial charge on any atom is -0.385 e. The van der Waals surface area contributed by atoms with Crippen molar-refractivity contribution < 1.29 is 18.3 Å². The second-order valence-electron chi connectivity index (χ2n) is 9.13. The number of hydrogen-bond acceptors (Lipinski definition) is 4. The quantitative estimate of drug-likeness (QED) is 0.739. The number of aryl methyl sites for hydroxylation is 1. The Bertz CT molecular complexity index is 1080. The van der Waals surface area contributed by atoms with Gasteiger partial charge in [0.1, 0.15) is 0 Å². The molecule has 2 aromatic rings. The van der Waals surface area contributed by atoms with Gasteiger partial charge in [-0.25, -0.2) is 8.42 Å². The van der Waals surface area contributed by atoms with E-state index < -0.39 is 15.4 Å². The lowest BCUT2D eigenvalue weighted by molar-refractivity contribution is -0.114. The molecule has 0 saturated carbocycles. The maximum absolute atomic E-state index is 12.4. The van der Waals surface area contributed by atoms with E-state index in [1.54, 1.807) is 19.1 Å². The van der Waals surface area contributed by atoms with Crippen molar-refractivity contribution in [1.82, 2.24) is 0 Å². The lowest BCUT2D eigenvalue weighted by Gasteiger charge is -2.44. The summed E-state index contributed by atoms with van der Waals surface area (Å²) in [5.74, 6) is -0.211. The minimum atomic E-state index is -3.38. The fourth-order valence-corrected chi connectivity index (χ4v) is 5.15. The van der Waals surface area contributed by atoms with Crippen LogP contribution in [0.25, 0.3) is 11.1 Å². The maximum atomic E-state index is 12.4. The molecule has 0 saturated heterocycles. The molecule has 1 unspecified atom stereocenters. The highest BCUT2D eigenvalue weighted by Crippen LogP contribution is 2.48. The van der Waals surface area contributed by atoms with Crippen molar-refractivity contribution in [2.24, 2.45) is 5.41 Å². The second kappa shape index (κ2) is 7.82. The summed E-state index contributed by atoms with van der Waals surface area (Å²) in [6.45, 7) is 9.18. The van der Waals surface area contributed by atoms with Crippen LogP contribution in [0, 0.1) is 5.41 Å². The number of nitrogens with one attached hydrogen (secondary N) is 1. The molecule has 0 bridgehead atoms. The largest absolute Gasteiger partial charge is 0.385 e. The Morgan fingerprint density at radius 3 is 2.47 bits per heavy atom. The summed E-state index contributed by atoms with van der Waals surface area (Å²) in [5.41, 5.74) is 2.83. The number of carbonyl (C=O) groups is 1. The fourth-order valence-electron chi connectivity index (χ4n) is 4.24. The van der Waals surface area contributed by atoms with E-state index in [1.165, 1.54) is 13.0 Å². The Kier molecular flexibility index (Phi) is 5.87. The molecule has 0 spiro atoms. The van der Waals surface area contributed by atoms with Crippen molar-refractivity contribution in [3.05, 3.63) is 47.5 Å². The SMILES string of the molecule is CCS(=O)(=O)c1ccc(NC(C)=O)c(-c2ccc3c(c2)CCCC3(O)C(C)(C)C)c1. The van der Waals surface area contributed by atoms with Crippen LogP contribution < -0.4 is 5.32 Å². The highest BCUT2D eigenvalue weighted by molar-refractivity contribution is 7.91. The molecule has 1 aliphatic carbocycles. The van der Waals surface area contributed by atoms with Crippen LogP contribution >= 0.6 is 0 Å². The number of rotatable bonds is 4. The summed E-state index contributed by atoms with van der Waals surface area (Å²) in [4.78, 5) is 11.9. The van der Waals surface area contributed by atoms with Crippen LogP contribution in [0.2, 0.25) is 0 Å². The molecule has 1 amide bonds. The third kappa shape index (κ3) is 4.03. The van der Waals surface area contributed by atoms with Crippen molar-refractivity contribution in [3.63, 3.8) is 0 Å². The zero-order valence-electron chi connectivity index (χ0n) is 18.4. The standard InChI is InChI=1S/C24H31NO4S/c1-6-30(28,29)19-10-12-22(25-16(2)26)20(15-19)17-9-11-21-18(14-17)8-7-13-24(21,27)23(3,4)5/h9-12,14-15,27H,6-8,13H2,1-5H3,(H,25,26). The molecule has 0 fully saturated rings. The monoisotopic (exact) mass is 429 g/mol. The zero-order chi connectivity index (χ0) is 22.3. The van der Waals surface area contributed by atoms with Gasteiger partial charge in [-0.15, -0.1) is 0 Å². The molecule has 2 N–H and O–H groups in total. The lowest BCUT2D eigenvalue weighted by atomic mass is 9.65. The molecule has 1 atom stereocenters. The van der Waals surface area contributed by atoms with Crippen molar-refractivity contribution in [1.29, 1.82) is 0 Å². The number of fused-ring (bicyclic) bond motifs is 1. The molecule has 1 aliphatic rings. The van der Waals surface area contributed by atoms with Crippen LogP contribution in [0.15, 0.2) is 41.3 Å². The van der Waals surface area contributed by atoms with Gasteiger partial charge in [0.15, 0.2) is 9.84 Å². The maximum Gasteiger partial charge on any atom is 0.221 e. The summed E-state index contributed by atoms with van der Waals surface area (Å²) in [5, 5.41) is 14.2. The molecule has 30 heavy (non-hydrogen) atoms. The average molecular weight is 430 g/mol. The smallest absolute Gasteiger partial charge is 0.221 e. The first-order valence-electron chi connectivity index (χ1n) is 10.4. The Labute approximate surface area is 179 Å². The van der Waals surface area contributed by atoms with Gasteiger partial charge in [-0.1, -0.05) is 45.9 Å². The zero-order valence-corrected chi connectivity index (χ0v) is 19.2. The first-order valence-corrected chi connectivity index (χ1v) is 12.0. The van der Waals surface area contributed by atoms with Gasteiger partial charge < -0.3 is 10.4 Å².